The van der Waals surface area contributed by atoms with Gasteiger partial charge in [-0.15, -0.1) is 11.3 Å². The highest BCUT2D eigenvalue weighted by Gasteiger charge is 2.14. The van der Waals surface area contributed by atoms with Gasteiger partial charge in [-0.25, -0.2) is 4.98 Å². The lowest BCUT2D eigenvalue weighted by atomic mass is 10.1. The Hall–Kier alpha value is -1.68. The smallest absolute Gasteiger partial charge is 0.267 e. The monoisotopic (exact) mass is 260 g/mol. The first-order chi connectivity index (χ1) is 8.49. The van der Waals surface area contributed by atoms with Crippen molar-refractivity contribution in [3.8, 4) is 0 Å². The average Bonchev–Trinajstić information content (AvgIpc) is 2.69. The second kappa shape index (κ2) is 4.90. The Balaban J connectivity index is 2.31. The lowest BCUT2D eigenvalue weighted by Gasteiger charge is -2.12. The molecule has 18 heavy (non-hydrogen) atoms. The number of amides is 1. The highest BCUT2D eigenvalue weighted by atomic mass is 32.1. The van der Waals surface area contributed by atoms with Gasteiger partial charge in [0.1, 0.15) is 4.88 Å². The number of aromatic nitrogens is 1. The molecule has 2 rings (SSSR count). The van der Waals surface area contributed by atoms with E-state index in [4.69, 9.17) is 0 Å². The largest absolute Gasteiger partial charge is 0.321 e. The molecule has 0 unspecified atom stereocenters. The van der Waals surface area contributed by atoms with Crippen molar-refractivity contribution in [3.63, 3.8) is 0 Å². The van der Waals surface area contributed by atoms with E-state index in [1.165, 1.54) is 16.9 Å². The summed E-state index contributed by atoms with van der Waals surface area (Å²) in [4.78, 5) is 16.9. The zero-order chi connectivity index (χ0) is 13.3. The predicted molar refractivity (Wildman–Crippen MR) is 75.5 cm³/mol. The number of benzene rings is 1. The second-order valence-electron chi connectivity index (χ2n) is 4.49. The third kappa shape index (κ3) is 2.43. The number of carbonyl (C=O) groups is 1. The molecule has 0 fully saturated rings. The normalized spacial score (nSPS) is 10.4. The van der Waals surface area contributed by atoms with Gasteiger partial charge in [-0.3, -0.25) is 4.79 Å². The van der Waals surface area contributed by atoms with Crippen molar-refractivity contribution in [2.45, 2.75) is 27.7 Å². The molecule has 0 saturated heterocycles. The van der Waals surface area contributed by atoms with Crippen LogP contribution < -0.4 is 5.32 Å². The van der Waals surface area contributed by atoms with E-state index in [1.807, 2.05) is 20.8 Å². The molecule has 1 amide bonds. The Bertz CT molecular complexity index is 579. The van der Waals surface area contributed by atoms with Gasteiger partial charge in [0.15, 0.2) is 0 Å². The fourth-order valence-corrected chi connectivity index (χ4v) is 2.76. The van der Waals surface area contributed by atoms with Crippen LogP contribution in [0.1, 0.15) is 32.1 Å². The Morgan fingerprint density at radius 2 is 1.78 bits per heavy atom. The molecule has 4 heteroatoms. The number of hydrogen-bond donors (Lipinski definition) is 1. The number of nitrogens with zero attached hydrogens (tertiary/aromatic N) is 1. The van der Waals surface area contributed by atoms with Gasteiger partial charge in [0.2, 0.25) is 0 Å². The molecule has 1 aromatic carbocycles. The lowest BCUT2D eigenvalue weighted by Crippen LogP contribution is -2.13. The van der Waals surface area contributed by atoms with Crippen LogP contribution in [0.3, 0.4) is 0 Å². The van der Waals surface area contributed by atoms with Crippen LogP contribution in [0.5, 0.6) is 0 Å². The van der Waals surface area contributed by atoms with Crippen LogP contribution in [0.15, 0.2) is 17.6 Å². The summed E-state index contributed by atoms with van der Waals surface area (Å²) in [5, 5.41) is 2.98. The third-order valence-electron chi connectivity index (χ3n) is 2.87. The molecule has 0 aliphatic carbocycles. The molecule has 0 atom stereocenters. The molecule has 0 aliphatic heterocycles. The third-order valence-corrected chi connectivity index (χ3v) is 3.79. The summed E-state index contributed by atoms with van der Waals surface area (Å²) in [6, 6.07) is 4.14. The molecule has 1 N–H and O–H groups in total. The van der Waals surface area contributed by atoms with E-state index in [2.05, 4.69) is 29.4 Å². The molecule has 94 valence electrons. The minimum Gasteiger partial charge on any atom is -0.321 e. The molecule has 0 spiro atoms. The summed E-state index contributed by atoms with van der Waals surface area (Å²) in [6.07, 6.45) is 0. The summed E-state index contributed by atoms with van der Waals surface area (Å²) >= 11 is 1.37. The second-order valence-corrected chi connectivity index (χ2v) is 5.35. The van der Waals surface area contributed by atoms with Crippen molar-refractivity contribution in [2.24, 2.45) is 0 Å². The number of hydrogen-bond acceptors (Lipinski definition) is 3. The minimum absolute atomic E-state index is 0.0787. The van der Waals surface area contributed by atoms with Gasteiger partial charge >= 0.3 is 0 Å². The van der Waals surface area contributed by atoms with Crippen LogP contribution in [0.25, 0.3) is 0 Å². The standard InChI is InChI=1S/C14H16N2OS/c1-8-5-9(2)12(10(3)6-8)16-14(17)13-11(4)15-7-18-13/h5-7H,1-4H3,(H,16,17). The SMILES string of the molecule is Cc1cc(C)c(NC(=O)c2scnc2C)c(C)c1. The van der Waals surface area contributed by atoms with E-state index in [0.29, 0.717) is 4.88 Å². The quantitative estimate of drug-likeness (QED) is 0.896. The summed E-state index contributed by atoms with van der Waals surface area (Å²) in [5.41, 5.74) is 6.75. The van der Waals surface area contributed by atoms with Gasteiger partial charge in [0, 0.05) is 5.69 Å². The molecule has 1 aromatic heterocycles. The molecule has 0 saturated carbocycles. The summed E-state index contributed by atoms with van der Waals surface area (Å²) in [5.74, 6) is -0.0787. The predicted octanol–water partition coefficient (Wildman–Crippen LogP) is 3.63. The van der Waals surface area contributed by atoms with Crippen LogP contribution in [0.2, 0.25) is 0 Å². The topological polar surface area (TPSA) is 42.0 Å². The van der Waals surface area contributed by atoms with Gasteiger partial charge in [-0.05, 0) is 38.8 Å². The molecule has 0 bridgehead atoms. The zero-order valence-electron chi connectivity index (χ0n) is 11.0. The Morgan fingerprint density at radius 1 is 1.17 bits per heavy atom. The van der Waals surface area contributed by atoms with Gasteiger partial charge < -0.3 is 5.32 Å². The van der Waals surface area contributed by atoms with Crippen molar-refractivity contribution in [3.05, 3.63) is 44.9 Å². The number of anilines is 1. The molecule has 3 nitrogen and oxygen atoms in total. The fourth-order valence-electron chi connectivity index (χ4n) is 2.07. The number of thiazole rings is 1. The lowest BCUT2D eigenvalue weighted by molar-refractivity contribution is 0.102. The maximum atomic E-state index is 12.1. The van der Waals surface area contributed by atoms with Gasteiger partial charge in [-0.1, -0.05) is 17.7 Å². The number of nitrogens with one attached hydrogen (secondary N) is 1. The maximum absolute atomic E-state index is 12.1. The first-order valence-electron chi connectivity index (χ1n) is 5.78. The summed E-state index contributed by atoms with van der Waals surface area (Å²) < 4.78 is 0. The van der Waals surface area contributed by atoms with Crippen molar-refractivity contribution in [1.82, 2.24) is 4.98 Å². The first-order valence-corrected chi connectivity index (χ1v) is 6.66. The number of rotatable bonds is 2. The Morgan fingerprint density at radius 3 is 2.28 bits per heavy atom. The fraction of sp³-hybridized carbons (Fsp3) is 0.286. The van der Waals surface area contributed by atoms with Crippen molar-refractivity contribution >= 4 is 22.9 Å². The van der Waals surface area contributed by atoms with Gasteiger partial charge in [-0.2, -0.15) is 0 Å². The zero-order valence-corrected chi connectivity index (χ0v) is 11.8. The van der Waals surface area contributed by atoms with Crippen molar-refractivity contribution in [2.75, 3.05) is 5.32 Å². The van der Waals surface area contributed by atoms with Gasteiger partial charge in [0.25, 0.3) is 5.91 Å². The van der Waals surface area contributed by atoms with Gasteiger partial charge in [0.05, 0.1) is 11.2 Å². The highest BCUT2D eigenvalue weighted by Crippen LogP contribution is 2.23. The van der Waals surface area contributed by atoms with Crippen LogP contribution in [-0.2, 0) is 0 Å². The summed E-state index contributed by atoms with van der Waals surface area (Å²) in [7, 11) is 0. The number of carbonyl (C=O) groups excluding carboxylic acids is 1. The van der Waals surface area contributed by atoms with E-state index in [9.17, 15) is 4.79 Å². The molecule has 0 radical (unpaired) electrons. The van der Waals surface area contributed by atoms with E-state index in [1.54, 1.807) is 5.51 Å². The van der Waals surface area contributed by atoms with E-state index >= 15 is 0 Å². The molecule has 1 heterocycles. The van der Waals surface area contributed by atoms with E-state index < -0.39 is 0 Å². The van der Waals surface area contributed by atoms with Crippen LogP contribution in [-0.4, -0.2) is 10.9 Å². The highest BCUT2D eigenvalue weighted by molar-refractivity contribution is 7.12. The average molecular weight is 260 g/mol. The minimum atomic E-state index is -0.0787. The van der Waals surface area contributed by atoms with Crippen LogP contribution in [0.4, 0.5) is 5.69 Å². The number of aryl methyl sites for hydroxylation is 4. The van der Waals surface area contributed by atoms with Crippen molar-refractivity contribution < 1.29 is 4.79 Å². The maximum Gasteiger partial charge on any atom is 0.267 e. The molecular formula is C14H16N2OS. The van der Waals surface area contributed by atoms with Crippen molar-refractivity contribution in [1.29, 1.82) is 0 Å². The molecule has 2 aromatic rings. The summed E-state index contributed by atoms with van der Waals surface area (Å²) in [6.45, 7) is 7.92. The Kier molecular flexibility index (Phi) is 3.48. The molecule has 0 aliphatic rings. The van der Waals surface area contributed by atoms with E-state index in [0.717, 1.165) is 22.5 Å². The van der Waals surface area contributed by atoms with Crippen LogP contribution in [0, 0.1) is 27.7 Å². The van der Waals surface area contributed by atoms with E-state index in [-0.39, 0.29) is 5.91 Å². The first kappa shape index (κ1) is 12.8. The Labute approximate surface area is 111 Å². The molecular weight excluding hydrogens is 244 g/mol. The van der Waals surface area contributed by atoms with Crippen LogP contribution >= 0.6 is 11.3 Å².